The summed E-state index contributed by atoms with van der Waals surface area (Å²) in [4.78, 5) is 19.2. The minimum absolute atomic E-state index is 0.105. The number of carbonyl (C=O) groups is 1. The molecule has 0 radical (unpaired) electrons. The molecule has 5 nitrogen and oxygen atoms in total. The van der Waals surface area contributed by atoms with Gasteiger partial charge in [-0.25, -0.2) is 9.37 Å². The Morgan fingerprint density at radius 3 is 2.75 bits per heavy atom. The molecule has 0 aliphatic heterocycles. The number of fused-ring (bicyclic) bond motifs is 1. The number of imidazole rings is 1. The van der Waals surface area contributed by atoms with E-state index in [1.807, 2.05) is 18.2 Å². The number of nitrogens with zero attached hydrogens (tertiary/aromatic N) is 3. The van der Waals surface area contributed by atoms with E-state index in [9.17, 15) is 9.18 Å². The normalized spacial score (nSPS) is 11.3. The molecule has 0 atom stereocenters. The largest absolute Gasteiger partial charge is 0.351 e. The molecule has 0 saturated carbocycles. The Hall–Kier alpha value is -2.44. The average Bonchev–Trinajstić information content (AvgIpc) is 2.99. The highest BCUT2D eigenvalue weighted by molar-refractivity contribution is 6.33. The second kappa shape index (κ2) is 9.17. The van der Waals surface area contributed by atoms with Crippen molar-refractivity contribution < 1.29 is 9.18 Å². The minimum atomic E-state index is -0.624. The Labute approximate surface area is 169 Å². The van der Waals surface area contributed by atoms with Crippen LogP contribution in [-0.4, -0.2) is 47.5 Å². The van der Waals surface area contributed by atoms with Gasteiger partial charge in [-0.15, -0.1) is 0 Å². The first-order valence-corrected chi connectivity index (χ1v) is 9.66. The molecule has 0 bridgehead atoms. The molecule has 7 heteroatoms. The third-order valence-corrected chi connectivity index (χ3v) is 4.86. The van der Waals surface area contributed by atoms with Gasteiger partial charge < -0.3 is 14.8 Å². The molecule has 28 heavy (non-hydrogen) atoms. The van der Waals surface area contributed by atoms with Crippen LogP contribution < -0.4 is 5.32 Å². The van der Waals surface area contributed by atoms with Gasteiger partial charge in [0, 0.05) is 19.5 Å². The quantitative estimate of drug-likeness (QED) is 0.624. The van der Waals surface area contributed by atoms with Crippen molar-refractivity contribution in [3.63, 3.8) is 0 Å². The van der Waals surface area contributed by atoms with Gasteiger partial charge in [-0.3, -0.25) is 4.79 Å². The minimum Gasteiger partial charge on any atom is -0.351 e. The molecule has 1 amide bonds. The number of amides is 1. The van der Waals surface area contributed by atoms with E-state index >= 15 is 0 Å². The molecular weight excluding hydrogens is 379 g/mol. The first-order chi connectivity index (χ1) is 13.5. The molecule has 148 valence electrons. The van der Waals surface area contributed by atoms with E-state index in [0.717, 1.165) is 36.4 Å². The van der Waals surface area contributed by atoms with Crippen molar-refractivity contribution in [2.24, 2.45) is 0 Å². The topological polar surface area (TPSA) is 50.2 Å². The van der Waals surface area contributed by atoms with Crippen molar-refractivity contribution in [3.8, 4) is 0 Å². The van der Waals surface area contributed by atoms with Crippen molar-refractivity contribution in [1.82, 2.24) is 19.8 Å². The summed E-state index contributed by atoms with van der Waals surface area (Å²) in [5, 5.41) is 2.86. The zero-order valence-electron chi connectivity index (χ0n) is 16.1. The lowest BCUT2D eigenvalue weighted by Crippen LogP contribution is -2.27. The summed E-state index contributed by atoms with van der Waals surface area (Å²) in [6.45, 7) is 2.18. The van der Waals surface area contributed by atoms with Gasteiger partial charge in [-0.2, -0.15) is 0 Å². The van der Waals surface area contributed by atoms with Crippen LogP contribution in [0, 0.1) is 5.82 Å². The number of para-hydroxylation sites is 2. The maximum absolute atomic E-state index is 13.9. The Morgan fingerprint density at radius 2 is 2.00 bits per heavy atom. The monoisotopic (exact) mass is 402 g/mol. The van der Waals surface area contributed by atoms with Crippen LogP contribution in [-0.2, 0) is 13.0 Å². The SMILES string of the molecule is CN(C)CCCn1c(CCNC(=O)c2c(F)cccc2Cl)nc2ccccc21. The number of carbonyl (C=O) groups excluding carboxylic acids is 1. The van der Waals surface area contributed by atoms with Crippen LogP contribution in [0.2, 0.25) is 5.02 Å². The van der Waals surface area contributed by atoms with Gasteiger partial charge in [0.2, 0.25) is 0 Å². The fourth-order valence-electron chi connectivity index (χ4n) is 3.20. The lowest BCUT2D eigenvalue weighted by Gasteiger charge is -2.13. The fourth-order valence-corrected chi connectivity index (χ4v) is 3.45. The number of benzene rings is 2. The van der Waals surface area contributed by atoms with E-state index < -0.39 is 11.7 Å². The summed E-state index contributed by atoms with van der Waals surface area (Å²) in [6.07, 6.45) is 1.55. The van der Waals surface area contributed by atoms with Crippen LogP contribution in [0.4, 0.5) is 4.39 Å². The van der Waals surface area contributed by atoms with Gasteiger partial charge in [-0.05, 0) is 51.3 Å². The van der Waals surface area contributed by atoms with E-state index in [0.29, 0.717) is 13.0 Å². The van der Waals surface area contributed by atoms with Crippen molar-refractivity contribution in [3.05, 3.63) is 64.7 Å². The molecule has 0 aliphatic carbocycles. The van der Waals surface area contributed by atoms with Crippen molar-refractivity contribution in [1.29, 1.82) is 0 Å². The summed E-state index contributed by atoms with van der Waals surface area (Å²) in [5.41, 5.74) is 1.90. The zero-order valence-corrected chi connectivity index (χ0v) is 16.8. The summed E-state index contributed by atoms with van der Waals surface area (Å²) < 4.78 is 16.1. The highest BCUT2D eigenvalue weighted by Crippen LogP contribution is 2.19. The van der Waals surface area contributed by atoms with Gasteiger partial charge in [0.1, 0.15) is 11.6 Å². The second-order valence-electron chi connectivity index (χ2n) is 6.93. The summed E-state index contributed by atoms with van der Waals surface area (Å²) in [5.74, 6) is -0.237. The van der Waals surface area contributed by atoms with E-state index in [4.69, 9.17) is 16.6 Å². The molecule has 0 saturated heterocycles. The van der Waals surface area contributed by atoms with E-state index in [-0.39, 0.29) is 10.6 Å². The number of aryl methyl sites for hydroxylation is 1. The number of nitrogens with one attached hydrogen (secondary N) is 1. The number of aromatic nitrogens is 2. The lowest BCUT2D eigenvalue weighted by atomic mass is 10.2. The standard InChI is InChI=1S/C21H24ClFN4O/c1-26(2)13-6-14-27-18-10-4-3-9-17(18)25-19(27)11-12-24-21(28)20-15(22)7-5-8-16(20)23/h3-5,7-10H,6,11-14H2,1-2H3,(H,24,28). The average molecular weight is 403 g/mol. The Kier molecular flexibility index (Phi) is 6.65. The molecule has 1 N–H and O–H groups in total. The highest BCUT2D eigenvalue weighted by atomic mass is 35.5. The van der Waals surface area contributed by atoms with Crippen molar-refractivity contribution >= 4 is 28.5 Å². The molecule has 0 spiro atoms. The molecule has 1 heterocycles. The van der Waals surface area contributed by atoms with E-state index in [1.54, 1.807) is 0 Å². The number of rotatable bonds is 8. The van der Waals surface area contributed by atoms with Gasteiger partial charge in [0.25, 0.3) is 5.91 Å². The van der Waals surface area contributed by atoms with Gasteiger partial charge in [0.05, 0.1) is 21.6 Å². The first kappa shape index (κ1) is 20.3. The zero-order chi connectivity index (χ0) is 20.1. The summed E-state index contributed by atoms with van der Waals surface area (Å²) in [7, 11) is 4.10. The Balaban J connectivity index is 1.70. The molecule has 3 aromatic rings. The smallest absolute Gasteiger partial charge is 0.255 e. The van der Waals surface area contributed by atoms with Crippen molar-refractivity contribution in [2.45, 2.75) is 19.4 Å². The molecule has 3 rings (SSSR count). The highest BCUT2D eigenvalue weighted by Gasteiger charge is 2.16. The van der Waals surface area contributed by atoms with Crippen LogP contribution in [0.5, 0.6) is 0 Å². The first-order valence-electron chi connectivity index (χ1n) is 9.28. The van der Waals surface area contributed by atoms with Gasteiger partial charge in [-0.1, -0.05) is 29.8 Å². The molecule has 0 unspecified atom stereocenters. The third-order valence-electron chi connectivity index (χ3n) is 4.54. The molecule has 2 aromatic carbocycles. The predicted octanol–water partition coefficient (Wildman–Crippen LogP) is 3.75. The van der Waals surface area contributed by atoms with Crippen molar-refractivity contribution in [2.75, 3.05) is 27.2 Å². The summed E-state index contributed by atoms with van der Waals surface area (Å²) >= 11 is 5.96. The van der Waals surface area contributed by atoms with Crippen LogP contribution >= 0.6 is 11.6 Å². The van der Waals surface area contributed by atoms with E-state index in [2.05, 4.69) is 34.9 Å². The van der Waals surface area contributed by atoms with Gasteiger partial charge >= 0.3 is 0 Å². The lowest BCUT2D eigenvalue weighted by molar-refractivity contribution is 0.0950. The molecule has 1 aromatic heterocycles. The maximum atomic E-state index is 13.9. The van der Waals surface area contributed by atoms with Crippen LogP contribution in [0.15, 0.2) is 42.5 Å². The van der Waals surface area contributed by atoms with Crippen LogP contribution in [0.1, 0.15) is 22.6 Å². The maximum Gasteiger partial charge on any atom is 0.255 e. The fraction of sp³-hybridized carbons (Fsp3) is 0.333. The number of hydrogen-bond donors (Lipinski definition) is 1. The number of hydrogen-bond acceptors (Lipinski definition) is 3. The Bertz CT molecular complexity index is 950. The van der Waals surface area contributed by atoms with E-state index in [1.165, 1.54) is 18.2 Å². The van der Waals surface area contributed by atoms with Crippen LogP contribution in [0.25, 0.3) is 11.0 Å². The molecule has 0 fully saturated rings. The van der Waals surface area contributed by atoms with Gasteiger partial charge in [0.15, 0.2) is 0 Å². The predicted molar refractivity (Wildman–Crippen MR) is 110 cm³/mol. The second-order valence-corrected chi connectivity index (χ2v) is 7.33. The summed E-state index contributed by atoms with van der Waals surface area (Å²) in [6, 6.07) is 12.2. The van der Waals surface area contributed by atoms with Crippen LogP contribution in [0.3, 0.4) is 0 Å². The molecule has 0 aliphatic rings. The Morgan fingerprint density at radius 1 is 1.21 bits per heavy atom. The number of halogens is 2. The molecular formula is C21H24ClFN4O. The third kappa shape index (κ3) is 4.69.